The second-order valence-electron chi connectivity index (χ2n) is 6.80. The molecule has 0 aliphatic carbocycles. The van der Waals surface area contributed by atoms with E-state index >= 15 is 0 Å². The molecule has 3 rings (SSSR count). The highest BCUT2D eigenvalue weighted by Gasteiger charge is 2.10. The Labute approximate surface area is 179 Å². The molecule has 0 atom stereocenters. The molecule has 0 saturated carbocycles. The minimum atomic E-state index is 0. The molecule has 2 aromatic rings. The molecule has 3 N–H and O–H groups in total. The molecule has 0 bridgehead atoms. The molecule has 27 heavy (non-hydrogen) atoms. The van der Waals surface area contributed by atoms with Crippen LogP contribution in [0.3, 0.4) is 0 Å². The molecule has 5 nitrogen and oxygen atoms in total. The van der Waals surface area contributed by atoms with Gasteiger partial charge in [0.05, 0.1) is 6.54 Å². The fourth-order valence-electron chi connectivity index (χ4n) is 3.18. The van der Waals surface area contributed by atoms with Gasteiger partial charge in [-0.3, -0.25) is 0 Å². The molecule has 1 fully saturated rings. The summed E-state index contributed by atoms with van der Waals surface area (Å²) in [5, 5.41) is 3.13. The lowest BCUT2D eigenvalue weighted by Gasteiger charge is -2.21. The molecule has 1 aliphatic heterocycles. The molecular formula is C21H30IN5. The van der Waals surface area contributed by atoms with Crippen molar-refractivity contribution in [3.8, 4) is 0 Å². The van der Waals surface area contributed by atoms with Crippen LogP contribution in [0.25, 0.3) is 0 Å². The number of benzene rings is 1. The van der Waals surface area contributed by atoms with Crippen molar-refractivity contribution in [2.75, 3.05) is 23.3 Å². The highest BCUT2D eigenvalue weighted by Crippen LogP contribution is 2.17. The van der Waals surface area contributed by atoms with Gasteiger partial charge < -0.3 is 16.0 Å². The maximum absolute atomic E-state index is 6.00. The lowest BCUT2D eigenvalue weighted by Crippen LogP contribution is -2.24. The van der Waals surface area contributed by atoms with Gasteiger partial charge in [-0.1, -0.05) is 38.0 Å². The van der Waals surface area contributed by atoms with Crippen molar-refractivity contribution in [3.05, 3.63) is 53.7 Å². The monoisotopic (exact) mass is 479 g/mol. The number of aliphatic imine (C=N–C) groups is 1. The van der Waals surface area contributed by atoms with Gasteiger partial charge in [-0.25, -0.2) is 9.98 Å². The zero-order valence-electron chi connectivity index (χ0n) is 16.0. The largest absolute Gasteiger partial charge is 0.370 e. The van der Waals surface area contributed by atoms with E-state index in [4.69, 9.17) is 5.73 Å². The Kier molecular flexibility index (Phi) is 8.84. The van der Waals surface area contributed by atoms with Gasteiger partial charge in [0.25, 0.3) is 0 Å². The van der Waals surface area contributed by atoms with Gasteiger partial charge >= 0.3 is 0 Å². The van der Waals surface area contributed by atoms with E-state index in [0.717, 1.165) is 36.6 Å². The zero-order chi connectivity index (χ0) is 18.2. The van der Waals surface area contributed by atoms with Gasteiger partial charge in [0.2, 0.25) is 0 Å². The third-order valence-electron chi connectivity index (χ3n) is 4.81. The number of rotatable bonds is 5. The van der Waals surface area contributed by atoms with Crippen molar-refractivity contribution in [1.29, 1.82) is 0 Å². The summed E-state index contributed by atoms with van der Waals surface area (Å²) < 4.78 is 0. The Hall–Kier alpha value is -1.83. The quantitative estimate of drug-likeness (QED) is 0.375. The van der Waals surface area contributed by atoms with Crippen molar-refractivity contribution in [1.82, 2.24) is 4.98 Å². The van der Waals surface area contributed by atoms with Gasteiger partial charge in [-0.05, 0) is 48.6 Å². The first-order valence-electron chi connectivity index (χ1n) is 9.60. The van der Waals surface area contributed by atoms with Gasteiger partial charge in [0.1, 0.15) is 5.82 Å². The number of guanidine groups is 1. The molecule has 0 spiro atoms. The molecular weight excluding hydrogens is 449 g/mol. The number of aromatic nitrogens is 1. The predicted molar refractivity (Wildman–Crippen MR) is 125 cm³/mol. The molecule has 0 radical (unpaired) electrons. The van der Waals surface area contributed by atoms with Crippen LogP contribution in [0, 0.1) is 0 Å². The highest BCUT2D eigenvalue weighted by atomic mass is 127. The first-order valence-corrected chi connectivity index (χ1v) is 9.60. The van der Waals surface area contributed by atoms with Crippen LogP contribution in [0.4, 0.5) is 11.5 Å². The molecule has 1 aliphatic rings. The summed E-state index contributed by atoms with van der Waals surface area (Å²) in [5.74, 6) is 1.49. The Bertz CT molecular complexity index is 704. The predicted octanol–water partition coefficient (Wildman–Crippen LogP) is 4.57. The molecule has 0 unspecified atom stereocenters. The fraction of sp³-hybridized carbons (Fsp3) is 0.429. The maximum atomic E-state index is 6.00. The number of nitrogens with one attached hydrogen (secondary N) is 1. The highest BCUT2D eigenvalue weighted by molar-refractivity contribution is 14.0. The summed E-state index contributed by atoms with van der Waals surface area (Å²) in [7, 11) is 0. The Balaban J connectivity index is 0.00000261. The molecule has 0 amide bonds. The minimum absolute atomic E-state index is 0. The second kappa shape index (κ2) is 11.1. The third kappa shape index (κ3) is 6.68. The van der Waals surface area contributed by atoms with E-state index < -0.39 is 0 Å². The number of anilines is 2. The van der Waals surface area contributed by atoms with Crippen LogP contribution in [-0.4, -0.2) is 24.0 Å². The Morgan fingerprint density at radius 3 is 2.30 bits per heavy atom. The van der Waals surface area contributed by atoms with E-state index in [0.29, 0.717) is 12.5 Å². The van der Waals surface area contributed by atoms with Crippen LogP contribution in [0.5, 0.6) is 0 Å². The van der Waals surface area contributed by atoms with E-state index in [9.17, 15) is 0 Å². The summed E-state index contributed by atoms with van der Waals surface area (Å²) in [6, 6.07) is 12.4. The smallest absolute Gasteiger partial charge is 0.193 e. The first kappa shape index (κ1) is 21.5. The Morgan fingerprint density at radius 2 is 1.70 bits per heavy atom. The topological polar surface area (TPSA) is 66.5 Å². The van der Waals surface area contributed by atoms with Crippen LogP contribution in [0.1, 0.15) is 43.7 Å². The van der Waals surface area contributed by atoms with E-state index in [-0.39, 0.29) is 24.0 Å². The van der Waals surface area contributed by atoms with E-state index in [1.165, 1.54) is 31.2 Å². The van der Waals surface area contributed by atoms with Gasteiger partial charge in [0, 0.05) is 25.0 Å². The summed E-state index contributed by atoms with van der Waals surface area (Å²) >= 11 is 0. The lowest BCUT2D eigenvalue weighted by molar-refractivity contribution is 0.726. The number of nitrogens with zero attached hydrogens (tertiary/aromatic N) is 3. The van der Waals surface area contributed by atoms with Crippen molar-refractivity contribution < 1.29 is 0 Å². The van der Waals surface area contributed by atoms with Crippen LogP contribution in [0.2, 0.25) is 0 Å². The first-order chi connectivity index (χ1) is 12.7. The summed E-state index contributed by atoms with van der Waals surface area (Å²) in [6.07, 6.45) is 8.12. The summed E-state index contributed by atoms with van der Waals surface area (Å²) in [6.45, 7) is 4.89. The fourth-order valence-corrected chi connectivity index (χ4v) is 3.18. The third-order valence-corrected chi connectivity index (χ3v) is 4.81. The lowest BCUT2D eigenvalue weighted by atomic mass is 10.1. The van der Waals surface area contributed by atoms with Crippen molar-refractivity contribution >= 4 is 41.4 Å². The van der Waals surface area contributed by atoms with Crippen LogP contribution in [0.15, 0.2) is 47.6 Å². The molecule has 1 aromatic carbocycles. The van der Waals surface area contributed by atoms with E-state index in [2.05, 4.69) is 51.4 Å². The van der Waals surface area contributed by atoms with Crippen molar-refractivity contribution in [2.45, 2.75) is 45.6 Å². The van der Waals surface area contributed by atoms with Crippen molar-refractivity contribution in [3.63, 3.8) is 0 Å². The number of halogens is 1. The molecule has 146 valence electrons. The van der Waals surface area contributed by atoms with Gasteiger partial charge in [-0.15, -0.1) is 24.0 Å². The Morgan fingerprint density at radius 1 is 1.04 bits per heavy atom. The number of aryl methyl sites for hydroxylation is 1. The zero-order valence-corrected chi connectivity index (χ0v) is 18.4. The van der Waals surface area contributed by atoms with E-state index in [1.54, 1.807) is 0 Å². The second-order valence-corrected chi connectivity index (χ2v) is 6.80. The standard InChI is InChI=1S/C21H29N5.HI/c1-2-17-7-10-19(11-8-17)25-21(22)24-16-18-9-12-20(23-15-18)26-13-5-3-4-6-14-26;/h7-12,15H,2-6,13-14,16H2,1H3,(H3,22,24,25);1H. The van der Waals surface area contributed by atoms with Crippen LogP contribution < -0.4 is 16.0 Å². The van der Waals surface area contributed by atoms with Crippen LogP contribution >= 0.6 is 24.0 Å². The SMILES string of the molecule is CCc1ccc(NC(N)=NCc2ccc(N3CCCCCC3)nc2)cc1.I. The van der Waals surface area contributed by atoms with E-state index in [1.807, 2.05) is 18.3 Å². The number of hydrogen-bond acceptors (Lipinski definition) is 3. The number of nitrogens with two attached hydrogens (primary N) is 1. The van der Waals surface area contributed by atoms with Gasteiger partial charge in [-0.2, -0.15) is 0 Å². The normalized spacial score (nSPS) is 15.0. The molecule has 1 aromatic heterocycles. The average molecular weight is 479 g/mol. The van der Waals surface area contributed by atoms with Gasteiger partial charge in [0.15, 0.2) is 5.96 Å². The number of hydrogen-bond donors (Lipinski definition) is 2. The summed E-state index contributed by atoms with van der Waals surface area (Å²) in [4.78, 5) is 11.4. The van der Waals surface area contributed by atoms with Crippen LogP contribution in [-0.2, 0) is 13.0 Å². The maximum Gasteiger partial charge on any atom is 0.193 e. The average Bonchev–Trinajstić information content (AvgIpc) is 2.97. The van der Waals surface area contributed by atoms with Crippen molar-refractivity contribution in [2.24, 2.45) is 10.7 Å². The molecule has 1 saturated heterocycles. The molecule has 2 heterocycles. The minimum Gasteiger partial charge on any atom is -0.370 e. The number of pyridine rings is 1. The summed E-state index contributed by atoms with van der Waals surface area (Å²) in [5.41, 5.74) is 9.33. The molecule has 6 heteroatoms.